The summed E-state index contributed by atoms with van der Waals surface area (Å²) < 4.78 is 5.67. The smallest absolute Gasteiger partial charge is 0.307 e. The number of nitrogens with zero attached hydrogens (tertiary/aromatic N) is 1. The van der Waals surface area contributed by atoms with Gasteiger partial charge in [0.25, 0.3) is 0 Å². The summed E-state index contributed by atoms with van der Waals surface area (Å²) in [6, 6.07) is 8.07. The van der Waals surface area contributed by atoms with Crippen LogP contribution in [0.2, 0.25) is 0 Å². The number of ether oxygens (including phenoxy) is 1. The third-order valence-corrected chi connectivity index (χ3v) is 4.80. The minimum Gasteiger partial charge on any atom is -0.430 e. The molecule has 28 heavy (non-hydrogen) atoms. The van der Waals surface area contributed by atoms with Gasteiger partial charge < -0.3 is 9.57 Å². The molecule has 0 radical (unpaired) electrons. The largest absolute Gasteiger partial charge is 0.430 e. The van der Waals surface area contributed by atoms with Gasteiger partial charge in [-0.05, 0) is 24.3 Å². The van der Waals surface area contributed by atoms with Gasteiger partial charge in [0.15, 0.2) is 5.78 Å². The Morgan fingerprint density at radius 3 is 2.68 bits per heavy atom. The third-order valence-electron chi connectivity index (χ3n) is 4.80. The number of allylic oxidation sites excluding steroid dienone is 2. The lowest BCUT2D eigenvalue weighted by atomic mass is 9.65. The summed E-state index contributed by atoms with van der Waals surface area (Å²) in [6.45, 7) is 13.1. The average Bonchev–Trinajstić information content (AvgIpc) is 2.58. The maximum Gasteiger partial charge on any atom is 0.307 e. The number of oxime groups is 1. The molecule has 0 amide bonds. The molecule has 1 aromatic rings. The molecule has 0 fully saturated rings. The third kappa shape index (κ3) is 4.77. The van der Waals surface area contributed by atoms with Gasteiger partial charge in [0.2, 0.25) is 0 Å². The topological polar surface area (TPSA) is 65.0 Å². The van der Waals surface area contributed by atoms with E-state index < -0.39 is 11.4 Å². The fraction of sp³-hybridized carbons (Fsp3) is 0.435. The molecule has 0 bridgehead atoms. The first-order chi connectivity index (χ1) is 13.2. The van der Waals surface area contributed by atoms with Crippen LogP contribution in [0.25, 0.3) is 0 Å². The molecule has 1 aromatic carbocycles. The summed E-state index contributed by atoms with van der Waals surface area (Å²) in [5.74, 6) is -0.437. The summed E-state index contributed by atoms with van der Waals surface area (Å²) in [5.41, 5.74) is 2.53. The van der Waals surface area contributed by atoms with Crippen molar-refractivity contribution >= 4 is 17.5 Å². The van der Waals surface area contributed by atoms with Gasteiger partial charge in [0.05, 0.1) is 11.3 Å². The molecule has 2 rings (SSSR count). The molecule has 5 heteroatoms. The van der Waals surface area contributed by atoms with Gasteiger partial charge in [0, 0.05) is 19.3 Å². The molecular formula is C23H29NO4. The van der Waals surface area contributed by atoms with Gasteiger partial charge in [-0.3, -0.25) is 9.59 Å². The normalized spacial score (nSPS) is 19.4. The van der Waals surface area contributed by atoms with Crippen LogP contribution in [-0.2, 0) is 19.2 Å². The number of aryl methyl sites for hydroxylation is 1. The van der Waals surface area contributed by atoms with Gasteiger partial charge in [-0.15, -0.1) is 0 Å². The Bertz CT molecular complexity index is 833. The maximum absolute atomic E-state index is 13.1. The molecule has 0 spiro atoms. The second kappa shape index (κ2) is 9.00. The van der Waals surface area contributed by atoms with Crippen LogP contribution in [0.3, 0.4) is 0 Å². The molecule has 1 atom stereocenters. The summed E-state index contributed by atoms with van der Waals surface area (Å²) >= 11 is 0. The van der Waals surface area contributed by atoms with E-state index in [9.17, 15) is 9.59 Å². The zero-order valence-corrected chi connectivity index (χ0v) is 17.4. The Morgan fingerprint density at radius 2 is 2.11 bits per heavy atom. The first-order valence-electron chi connectivity index (χ1n) is 9.53. The zero-order valence-electron chi connectivity index (χ0n) is 17.4. The summed E-state index contributed by atoms with van der Waals surface area (Å²) in [7, 11) is 0. The minimum atomic E-state index is -0.460. The van der Waals surface area contributed by atoms with E-state index in [1.165, 1.54) is 6.92 Å². The van der Waals surface area contributed by atoms with Gasteiger partial charge in [-0.25, -0.2) is 0 Å². The standard InChI is InChI=1S/C23H29NO4/c1-7-12-27-24-18(8-2)20-19(26)14-23(5,6)21(22(20)28-16(4)25)17-11-9-10-15(3)13-17/h7,9-11,13,21H,1,8,12,14H2,2-6H3. The summed E-state index contributed by atoms with van der Waals surface area (Å²) in [4.78, 5) is 30.3. The Labute approximate surface area is 167 Å². The van der Waals surface area contributed by atoms with Crippen molar-refractivity contribution in [3.05, 3.63) is 59.4 Å². The minimum absolute atomic E-state index is 0.0899. The van der Waals surface area contributed by atoms with Gasteiger partial charge in [-0.1, -0.05) is 68.4 Å². The van der Waals surface area contributed by atoms with Crippen molar-refractivity contribution in [2.24, 2.45) is 10.6 Å². The molecule has 0 heterocycles. The summed E-state index contributed by atoms with van der Waals surface area (Å²) in [5, 5.41) is 4.13. The first kappa shape index (κ1) is 21.6. The fourth-order valence-corrected chi connectivity index (χ4v) is 3.72. The van der Waals surface area contributed by atoms with Gasteiger partial charge >= 0.3 is 5.97 Å². The monoisotopic (exact) mass is 383 g/mol. The van der Waals surface area contributed by atoms with Gasteiger partial charge in [-0.2, -0.15) is 0 Å². The van der Waals surface area contributed by atoms with E-state index in [1.54, 1.807) is 6.08 Å². The molecule has 0 N–H and O–H groups in total. The van der Waals surface area contributed by atoms with E-state index in [2.05, 4.69) is 17.8 Å². The first-order valence-corrected chi connectivity index (χ1v) is 9.53. The van der Waals surface area contributed by atoms with Crippen LogP contribution in [0.15, 0.2) is 53.4 Å². The van der Waals surface area contributed by atoms with Crippen LogP contribution in [0.5, 0.6) is 0 Å². The number of rotatable bonds is 7. The predicted octanol–water partition coefficient (Wildman–Crippen LogP) is 4.86. The molecule has 5 nitrogen and oxygen atoms in total. The van der Waals surface area contributed by atoms with Crippen LogP contribution in [0.1, 0.15) is 57.6 Å². The quantitative estimate of drug-likeness (QED) is 0.222. The number of benzene rings is 1. The van der Waals surface area contributed by atoms with Crippen molar-refractivity contribution in [3.8, 4) is 0 Å². The molecule has 150 valence electrons. The van der Waals surface area contributed by atoms with E-state index in [0.29, 0.717) is 29.9 Å². The van der Waals surface area contributed by atoms with Crippen LogP contribution in [-0.4, -0.2) is 24.1 Å². The van der Waals surface area contributed by atoms with E-state index in [1.807, 2.05) is 45.9 Å². The number of ketones is 1. The SMILES string of the molecule is C=CCON=C(CC)C1=C(OC(C)=O)C(c2cccc(C)c2)C(C)(C)CC1=O. The van der Waals surface area contributed by atoms with Crippen molar-refractivity contribution in [3.63, 3.8) is 0 Å². The second-order valence-electron chi connectivity index (χ2n) is 7.74. The zero-order chi connectivity index (χ0) is 20.9. The molecule has 0 aromatic heterocycles. The average molecular weight is 383 g/mol. The van der Waals surface area contributed by atoms with Crippen molar-refractivity contribution in [2.45, 2.75) is 53.4 Å². The highest BCUT2D eigenvalue weighted by atomic mass is 16.6. The van der Waals surface area contributed by atoms with E-state index in [4.69, 9.17) is 9.57 Å². The fourth-order valence-electron chi connectivity index (χ4n) is 3.72. The number of carbonyl (C=O) groups is 2. The molecule has 1 aliphatic rings. The van der Waals surface area contributed by atoms with Crippen LogP contribution in [0.4, 0.5) is 0 Å². The lowest BCUT2D eigenvalue weighted by molar-refractivity contribution is -0.138. The summed E-state index contributed by atoms with van der Waals surface area (Å²) in [6.07, 6.45) is 2.38. The van der Waals surface area contributed by atoms with E-state index in [0.717, 1.165) is 11.1 Å². The number of esters is 1. The number of hydrogen-bond donors (Lipinski definition) is 0. The van der Waals surface area contributed by atoms with Crippen molar-refractivity contribution in [1.82, 2.24) is 0 Å². The maximum atomic E-state index is 13.1. The molecule has 0 saturated heterocycles. The van der Waals surface area contributed by atoms with Crippen molar-refractivity contribution < 1.29 is 19.2 Å². The molecule has 0 aliphatic heterocycles. The van der Waals surface area contributed by atoms with Crippen molar-refractivity contribution in [1.29, 1.82) is 0 Å². The van der Waals surface area contributed by atoms with Gasteiger partial charge in [0.1, 0.15) is 12.4 Å². The highest BCUT2D eigenvalue weighted by Crippen LogP contribution is 2.49. The Kier molecular flexibility index (Phi) is 6.95. The Hall–Kier alpha value is -2.69. The number of hydrogen-bond acceptors (Lipinski definition) is 5. The highest BCUT2D eigenvalue weighted by molar-refractivity contribution is 6.23. The van der Waals surface area contributed by atoms with E-state index in [-0.39, 0.29) is 18.3 Å². The number of carbonyl (C=O) groups excluding carboxylic acids is 2. The Morgan fingerprint density at radius 1 is 1.39 bits per heavy atom. The lowest BCUT2D eigenvalue weighted by Crippen LogP contribution is -2.37. The van der Waals surface area contributed by atoms with Crippen LogP contribution >= 0.6 is 0 Å². The molecule has 1 aliphatic carbocycles. The highest BCUT2D eigenvalue weighted by Gasteiger charge is 2.45. The van der Waals surface area contributed by atoms with Crippen LogP contribution < -0.4 is 0 Å². The molecule has 0 saturated carbocycles. The second-order valence-corrected chi connectivity index (χ2v) is 7.74. The lowest BCUT2D eigenvalue weighted by Gasteiger charge is -2.40. The van der Waals surface area contributed by atoms with E-state index >= 15 is 0 Å². The molecule has 1 unspecified atom stereocenters. The predicted molar refractivity (Wildman–Crippen MR) is 110 cm³/mol. The molecular weight excluding hydrogens is 354 g/mol. The number of Topliss-reactive ketones (excluding diaryl/α,β-unsaturated/α-hetero) is 1. The van der Waals surface area contributed by atoms with Crippen molar-refractivity contribution in [2.75, 3.05) is 6.61 Å². The van der Waals surface area contributed by atoms with Crippen LogP contribution in [0, 0.1) is 12.3 Å². The Balaban J connectivity index is 2.73.